The first-order chi connectivity index (χ1) is 7.33. The van der Waals surface area contributed by atoms with Gasteiger partial charge in [-0.15, -0.1) is 0 Å². The summed E-state index contributed by atoms with van der Waals surface area (Å²) in [7, 11) is 0. The van der Waals surface area contributed by atoms with Gasteiger partial charge in [0.25, 0.3) is 0 Å². The molecule has 0 atom stereocenters. The molecule has 1 aromatic carbocycles. The molecule has 76 valence electrons. The highest BCUT2D eigenvalue weighted by Gasteiger charge is 2.21. The van der Waals surface area contributed by atoms with Gasteiger partial charge in [-0.3, -0.25) is 0 Å². The van der Waals surface area contributed by atoms with Crippen LogP contribution in [-0.2, 0) is 0 Å². The molecule has 1 N–H and O–H groups in total. The van der Waals surface area contributed by atoms with Crippen LogP contribution in [0.15, 0.2) is 39.5 Å². The molecule has 1 saturated carbocycles. The Labute approximate surface area is 86.7 Å². The van der Waals surface area contributed by atoms with Gasteiger partial charge in [0.1, 0.15) is 5.58 Å². The fourth-order valence-corrected chi connectivity index (χ4v) is 1.68. The van der Waals surface area contributed by atoms with E-state index in [4.69, 9.17) is 4.42 Å². The number of para-hydroxylation sites is 1. The maximum Gasteiger partial charge on any atom is 0.338 e. The maximum absolute atomic E-state index is 11.3. The summed E-state index contributed by atoms with van der Waals surface area (Å²) in [4.78, 5) is 11.3. The van der Waals surface area contributed by atoms with E-state index in [1.165, 1.54) is 18.9 Å². The van der Waals surface area contributed by atoms with Crippen molar-refractivity contribution in [3.05, 3.63) is 40.8 Å². The summed E-state index contributed by atoms with van der Waals surface area (Å²) in [5.41, 5.74) is 1.24. The Kier molecular flexibility index (Phi) is 1.78. The zero-order chi connectivity index (χ0) is 10.3. The highest BCUT2D eigenvalue weighted by atomic mass is 16.4. The first-order valence-electron chi connectivity index (χ1n) is 5.12. The van der Waals surface area contributed by atoms with Crippen LogP contribution < -0.4 is 10.9 Å². The Bertz CT molecular complexity index is 555. The number of anilines is 1. The molecule has 15 heavy (non-hydrogen) atoms. The molecule has 3 rings (SSSR count). The molecule has 1 aliphatic rings. The Morgan fingerprint density at radius 2 is 2.07 bits per heavy atom. The number of hydrogen-bond acceptors (Lipinski definition) is 3. The second-order valence-electron chi connectivity index (χ2n) is 3.89. The average Bonchev–Trinajstić information content (AvgIpc) is 3.01. The third kappa shape index (κ3) is 1.61. The molecule has 2 aromatic rings. The molecule has 3 nitrogen and oxygen atoms in total. The fraction of sp³-hybridized carbons (Fsp3) is 0.250. The largest absolute Gasteiger partial charge is 0.423 e. The lowest BCUT2D eigenvalue weighted by Crippen LogP contribution is -2.06. The van der Waals surface area contributed by atoms with Gasteiger partial charge in [-0.05, 0) is 25.0 Å². The SMILES string of the molecule is O=c1cc(NC2CC2)c2ccccc2o1. The summed E-state index contributed by atoms with van der Waals surface area (Å²) in [6, 6.07) is 9.65. The van der Waals surface area contributed by atoms with Crippen molar-refractivity contribution in [3.63, 3.8) is 0 Å². The molecular weight excluding hydrogens is 190 g/mol. The van der Waals surface area contributed by atoms with Gasteiger partial charge in [-0.25, -0.2) is 4.79 Å². The third-order valence-corrected chi connectivity index (χ3v) is 2.59. The first kappa shape index (κ1) is 8.53. The topological polar surface area (TPSA) is 42.2 Å². The van der Waals surface area contributed by atoms with E-state index in [1.807, 2.05) is 24.3 Å². The van der Waals surface area contributed by atoms with Gasteiger partial charge in [0.05, 0.1) is 5.69 Å². The maximum atomic E-state index is 11.3. The second kappa shape index (κ2) is 3.12. The molecule has 0 bridgehead atoms. The molecule has 1 fully saturated rings. The summed E-state index contributed by atoms with van der Waals surface area (Å²) in [5, 5.41) is 4.32. The number of fused-ring (bicyclic) bond motifs is 1. The second-order valence-corrected chi connectivity index (χ2v) is 3.89. The minimum Gasteiger partial charge on any atom is -0.423 e. The van der Waals surface area contributed by atoms with Gasteiger partial charge in [0, 0.05) is 17.5 Å². The van der Waals surface area contributed by atoms with Crippen molar-refractivity contribution in [2.75, 3.05) is 5.32 Å². The van der Waals surface area contributed by atoms with Crippen LogP contribution in [0.2, 0.25) is 0 Å². The van der Waals surface area contributed by atoms with Crippen LogP contribution in [-0.4, -0.2) is 6.04 Å². The summed E-state index contributed by atoms with van der Waals surface area (Å²) < 4.78 is 5.11. The average molecular weight is 201 g/mol. The molecule has 0 saturated heterocycles. The molecule has 0 aliphatic heterocycles. The van der Waals surface area contributed by atoms with Crippen LogP contribution in [0.3, 0.4) is 0 Å². The third-order valence-electron chi connectivity index (χ3n) is 2.59. The van der Waals surface area contributed by atoms with E-state index in [2.05, 4.69) is 5.32 Å². The van der Waals surface area contributed by atoms with Gasteiger partial charge in [-0.2, -0.15) is 0 Å². The lowest BCUT2D eigenvalue weighted by atomic mass is 10.2. The van der Waals surface area contributed by atoms with Crippen molar-refractivity contribution in [2.24, 2.45) is 0 Å². The van der Waals surface area contributed by atoms with Crippen LogP contribution in [0.4, 0.5) is 5.69 Å². The van der Waals surface area contributed by atoms with Crippen LogP contribution in [0.5, 0.6) is 0 Å². The van der Waals surface area contributed by atoms with E-state index in [1.54, 1.807) is 0 Å². The summed E-state index contributed by atoms with van der Waals surface area (Å²) in [6.07, 6.45) is 2.38. The van der Waals surface area contributed by atoms with Gasteiger partial charge in [-0.1, -0.05) is 12.1 Å². The normalized spacial score (nSPS) is 15.5. The lowest BCUT2D eigenvalue weighted by Gasteiger charge is -2.06. The van der Waals surface area contributed by atoms with E-state index in [-0.39, 0.29) is 5.63 Å². The minimum atomic E-state index is -0.295. The van der Waals surface area contributed by atoms with Crippen LogP contribution in [0.1, 0.15) is 12.8 Å². The van der Waals surface area contributed by atoms with Gasteiger partial charge >= 0.3 is 5.63 Å². The standard InChI is InChI=1S/C12H11NO2/c14-12-7-10(13-8-5-6-8)9-3-1-2-4-11(9)15-12/h1-4,7-8,13H,5-6H2. The number of rotatable bonds is 2. The van der Waals surface area contributed by atoms with Crippen LogP contribution >= 0.6 is 0 Å². The van der Waals surface area contributed by atoms with Crippen molar-refractivity contribution in [2.45, 2.75) is 18.9 Å². The monoisotopic (exact) mass is 201 g/mol. The van der Waals surface area contributed by atoms with E-state index in [9.17, 15) is 4.79 Å². The Morgan fingerprint density at radius 3 is 2.87 bits per heavy atom. The van der Waals surface area contributed by atoms with E-state index >= 15 is 0 Å². The summed E-state index contributed by atoms with van der Waals surface area (Å²) in [5.74, 6) is 0. The molecule has 0 amide bonds. The zero-order valence-corrected chi connectivity index (χ0v) is 8.19. The van der Waals surface area contributed by atoms with E-state index in [0.717, 1.165) is 11.1 Å². The fourth-order valence-electron chi connectivity index (χ4n) is 1.68. The van der Waals surface area contributed by atoms with Gasteiger partial charge in [0.15, 0.2) is 0 Å². The predicted molar refractivity (Wildman–Crippen MR) is 59.1 cm³/mol. The van der Waals surface area contributed by atoms with Crippen molar-refractivity contribution < 1.29 is 4.42 Å². The summed E-state index contributed by atoms with van der Waals surface area (Å²) >= 11 is 0. The highest BCUT2D eigenvalue weighted by Crippen LogP contribution is 2.28. The lowest BCUT2D eigenvalue weighted by molar-refractivity contribution is 0.561. The van der Waals surface area contributed by atoms with Crippen molar-refractivity contribution in [3.8, 4) is 0 Å². The van der Waals surface area contributed by atoms with Gasteiger partial charge < -0.3 is 9.73 Å². The molecule has 1 aromatic heterocycles. The Balaban J connectivity index is 2.20. The number of nitrogens with one attached hydrogen (secondary N) is 1. The molecular formula is C12H11NO2. The zero-order valence-electron chi connectivity index (χ0n) is 8.19. The van der Waals surface area contributed by atoms with E-state index in [0.29, 0.717) is 11.6 Å². The minimum absolute atomic E-state index is 0.295. The molecule has 1 aliphatic carbocycles. The van der Waals surface area contributed by atoms with Crippen molar-refractivity contribution in [1.29, 1.82) is 0 Å². The molecule has 1 heterocycles. The van der Waals surface area contributed by atoms with Crippen molar-refractivity contribution in [1.82, 2.24) is 0 Å². The molecule has 0 unspecified atom stereocenters. The molecule has 3 heteroatoms. The predicted octanol–water partition coefficient (Wildman–Crippen LogP) is 2.37. The Morgan fingerprint density at radius 1 is 1.27 bits per heavy atom. The highest BCUT2D eigenvalue weighted by molar-refractivity contribution is 5.89. The Hall–Kier alpha value is -1.77. The van der Waals surface area contributed by atoms with E-state index < -0.39 is 0 Å². The molecule has 0 radical (unpaired) electrons. The van der Waals surface area contributed by atoms with Gasteiger partial charge in [0.2, 0.25) is 0 Å². The van der Waals surface area contributed by atoms with Crippen molar-refractivity contribution >= 4 is 16.7 Å². The quantitative estimate of drug-likeness (QED) is 0.758. The summed E-state index contributed by atoms with van der Waals surface area (Å²) in [6.45, 7) is 0. The number of benzene rings is 1. The van der Waals surface area contributed by atoms with Crippen LogP contribution in [0, 0.1) is 0 Å². The van der Waals surface area contributed by atoms with Crippen LogP contribution in [0.25, 0.3) is 11.0 Å². The molecule has 0 spiro atoms. The smallest absolute Gasteiger partial charge is 0.338 e. The first-order valence-corrected chi connectivity index (χ1v) is 5.12. The number of hydrogen-bond donors (Lipinski definition) is 1.